The van der Waals surface area contributed by atoms with E-state index in [0.717, 1.165) is 43.9 Å². The van der Waals surface area contributed by atoms with E-state index in [9.17, 15) is 5.11 Å². The lowest BCUT2D eigenvalue weighted by Gasteiger charge is -2.35. The lowest BCUT2D eigenvalue weighted by atomic mass is 9.97. The molecule has 146 valence electrons. The van der Waals surface area contributed by atoms with Gasteiger partial charge in [0.15, 0.2) is 0 Å². The molecule has 1 aliphatic heterocycles. The summed E-state index contributed by atoms with van der Waals surface area (Å²) in [5, 5.41) is 10.6. The van der Waals surface area contributed by atoms with Crippen LogP contribution in [0.1, 0.15) is 29.7 Å². The number of aliphatic hydroxyl groups excluding tert-OH is 1. The molecule has 1 N–H and O–H groups in total. The number of rotatable bonds is 8. The van der Waals surface area contributed by atoms with Crippen molar-refractivity contribution in [3.8, 4) is 0 Å². The fraction of sp³-hybridized carbons (Fsp3) is 0.478. The smallest absolute Gasteiger partial charge is 0.108 e. The molecular formula is C23H32N2O2. The number of β-amino-alcohol motifs (C(OH)–C–C–N with tert-alkyl or cyclic N) is 1. The van der Waals surface area contributed by atoms with Crippen molar-refractivity contribution in [3.05, 3.63) is 71.3 Å². The van der Waals surface area contributed by atoms with Crippen LogP contribution in [0, 0.1) is 6.92 Å². The van der Waals surface area contributed by atoms with Crippen molar-refractivity contribution in [2.45, 2.75) is 26.1 Å². The molecule has 3 rings (SSSR count). The van der Waals surface area contributed by atoms with E-state index in [1.165, 1.54) is 5.56 Å². The summed E-state index contributed by atoms with van der Waals surface area (Å²) in [4.78, 5) is 4.79. The normalized spacial score (nSPS) is 18.3. The van der Waals surface area contributed by atoms with E-state index >= 15 is 0 Å². The highest BCUT2D eigenvalue weighted by molar-refractivity contribution is 5.35. The number of aliphatic hydroxyl groups is 1. The third-order valence-corrected chi connectivity index (χ3v) is 5.41. The number of aryl methyl sites for hydroxylation is 1. The summed E-state index contributed by atoms with van der Waals surface area (Å²) in [6, 6.07) is 18.6. The maximum Gasteiger partial charge on any atom is 0.108 e. The molecule has 0 aromatic heterocycles. The van der Waals surface area contributed by atoms with Gasteiger partial charge in [-0.05, 0) is 30.2 Å². The Morgan fingerprint density at radius 1 is 0.926 bits per heavy atom. The monoisotopic (exact) mass is 368 g/mol. The summed E-state index contributed by atoms with van der Waals surface area (Å²) in [7, 11) is 0. The minimum absolute atomic E-state index is 0.154. The lowest BCUT2D eigenvalue weighted by molar-refractivity contribution is -0.0143. The van der Waals surface area contributed by atoms with E-state index in [0.29, 0.717) is 13.2 Å². The molecule has 0 spiro atoms. The Morgan fingerprint density at radius 2 is 1.56 bits per heavy atom. The minimum atomic E-state index is -0.478. The van der Waals surface area contributed by atoms with Crippen molar-refractivity contribution in [1.82, 2.24) is 9.80 Å². The van der Waals surface area contributed by atoms with Crippen LogP contribution in [0.3, 0.4) is 0 Å². The number of hydrogen-bond donors (Lipinski definition) is 1. The average molecular weight is 369 g/mol. The van der Waals surface area contributed by atoms with E-state index in [1.54, 1.807) is 0 Å². The molecule has 0 amide bonds. The zero-order chi connectivity index (χ0) is 19.1. The van der Waals surface area contributed by atoms with Gasteiger partial charge in [-0.3, -0.25) is 4.90 Å². The predicted octanol–water partition coefficient (Wildman–Crippen LogP) is 3.10. The Balaban J connectivity index is 1.61. The molecule has 0 saturated carbocycles. The second kappa shape index (κ2) is 10.00. The molecule has 1 saturated heterocycles. The van der Waals surface area contributed by atoms with Crippen LogP contribution in [-0.4, -0.2) is 66.9 Å². The third-order valence-electron chi connectivity index (χ3n) is 5.41. The Kier molecular flexibility index (Phi) is 7.41. The number of nitrogens with zero attached hydrogens (tertiary/aromatic N) is 2. The highest BCUT2D eigenvalue weighted by atomic mass is 16.5. The van der Waals surface area contributed by atoms with E-state index in [-0.39, 0.29) is 6.10 Å². The van der Waals surface area contributed by atoms with Gasteiger partial charge < -0.3 is 14.7 Å². The maximum absolute atomic E-state index is 10.6. The molecule has 0 aliphatic carbocycles. The van der Waals surface area contributed by atoms with Crippen LogP contribution >= 0.6 is 0 Å². The van der Waals surface area contributed by atoms with Crippen molar-refractivity contribution in [3.63, 3.8) is 0 Å². The quantitative estimate of drug-likeness (QED) is 0.777. The number of piperazine rings is 1. The van der Waals surface area contributed by atoms with Gasteiger partial charge in [-0.15, -0.1) is 0 Å². The van der Waals surface area contributed by atoms with Crippen LogP contribution in [0.15, 0.2) is 54.6 Å². The summed E-state index contributed by atoms with van der Waals surface area (Å²) in [5.41, 5.74) is 3.49. The SMILES string of the molecule is CCN1CCN(C[C@H](O)CO[C@@H](c2ccccc2)c2ccccc2C)CC1. The Bertz CT molecular complexity index is 684. The first-order chi connectivity index (χ1) is 13.2. The van der Waals surface area contributed by atoms with Crippen LogP contribution < -0.4 is 0 Å². The van der Waals surface area contributed by atoms with Gasteiger partial charge in [-0.2, -0.15) is 0 Å². The van der Waals surface area contributed by atoms with Crippen molar-refractivity contribution < 1.29 is 9.84 Å². The van der Waals surface area contributed by atoms with E-state index in [4.69, 9.17) is 4.74 Å². The average Bonchev–Trinajstić information content (AvgIpc) is 2.71. The second-order valence-electron chi connectivity index (χ2n) is 7.37. The van der Waals surface area contributed by atoms with Crippen LogP contribution in [0.4, 0.5) is 0 Å². The Hall–Kier alpha value is -1.72. The van der Waals surface area contributed by atoms with Crippen LogP contribution in [0.25, 0.3) is 0 Å². The molecule has 1 fully saturated rings. The number of benzene rings is 2. The molecule has 0 radical (unpaired) electrons. The molecule has 2 atom stereocenters. The van der Waals surface area contributed by atoms with Gasteiger partial charge in [0, 0.05) is 32.7 Å². The van der Waals surface area contributed by atoms with Gasteiger partial charge in [-0.1, -0.05) is 61.5 Å². The molecule has 1 aliphatic rings. The fourth-order valence-electron chi connectivity index (χ4n) is 3.72. The van der Waals surface area contributed by atoms with E-state index < -0.39 is 6.10 Å². The molecule has 1 heterocycles. The molecule has 27 heavy (non-hydrogen) atoms. The van der Waals surface area contributed by atoms with Crippen molar-refractivity contribution in [2.24, 2.45) is 0 Å². The standard InChI is InChI=1S/C23H32N2O2/c1-3-24-13-15-25(16-14-24)17-21(26)18-27-23(20-10-5-4-6-11-20)22-12-8-7-9-19(22)2/h4-12,21,23,26H,3,13-18H2,1-2H3/t21-,23-/m0/s1. The van der Waals surface area contributed by atoms with Crippen molar-refractivity contribution in [2.75, 3.05) is 45.9 Å². The summed E-state index contributed by atoms with van der Waals surface area (Å²) in [5.74, 6) is 0. The number of hydrogen-bond acceptors (Lipinski definition) is 4. The molecule has 2 aromatic rings. The predicted molar refractivity (Wildman–Crippen MR) is 110 cm³/mol. The topological polar surface area (TPSA) is 35.9 Å². The molecule has 4 nitrogen and oxygen atoms in total. The molecule has 0 unspecified atom stereocenters. The van der Waals surface area contributed by atoms with Gasteiger partial charge in [0.1, 0.15) is 6.10 Å². The third kappa shape index (κ3) is 5.63. The van der Waals surface area contributed by atoms with E-state index in [2.05, 4.69) is 47.9 Å². The number of ether oxygens (including phenoxy) is 1. The second-order valence-corrected chi connectivity index (χ2v) is 7.37. The minimum Gasteiger partial charge on any atom is -0.389 e. The molecule has 4 heteroatoms. The first kappa shape index (κ1) is 20.0. The van der Waals surface area contributed by atoms with Crippen molar-refractivity contribution >= 4 is 0 Å². The van der Waals surface area contributed by atoms with Gasteiger partial charge in [0.2, 0.25) is 0 Å². The van der Waals surface area contributed by atoms with E-state index in [1.807, 2.05) is 30.3 Å². The Labute approximate surface area is 163 Å². The van der Waals surface area contributed by atoms with Gasteiger partial charge >= 0.3 is 0 Å². The Morgan fingerprint density at radius 3 is 2.22 bits per heavy atom. The van der Waals surface area contributed by atoms with Crippen LogP contribution in [0.2, 0.25) is 0 Å². The van der Waals surface area contributed by atoms with Crippen LogP contribution in [-0.2, 0) is 4.74 Å². The summed E-state index contributed by atoms with van der Waals surface area (Å²) >= 11 is 0. The number of likely N-dealkylation sites (N-methyl/N-ethyl adjacent to an activating group) is 1. The highest BCUT2D eigenvalue weighted by Gasteiger charge is 2.21. The van der Waals surface area contributed by atoms with Crippen LogP contribution in [0.5, 0.6) is 0 Å². The van der Waals surface area contributed by atoms with Gasteiger partial charge in [0.25, 0.3) is 0 Å². The molecular weight excluding hydrogens is 336 g/mol. The summed E-state index contributed by atoms with van der Waals surface area (Å²) in [6.45, 7) is 10.6. The summed E-state index contributed by atoms with van der Waals surface area (Å²) < 4.78 is 6.25. The highest BCUT2D eigenvalue weighted by Crippen LogP contribution is 2.28. The maximum atomic E-state index is 10.6. The first-order valence-electron chi connectivity index (χ1n) is 10.0. The zero-order valence-corrected chi connectivity index (χ0v) is 16.6. The van der Waals surface area contributed by atoms with Gasteiger partial charge in [-0.25, -0.2) is 0 Å². The fourth-order valence-corrected chi connectivity index (χ4v) is 3.72. The lowest BCUT2D eigenvalue weighted by Crippen LogP contribution is -2.48. The first-order valence-corrected chi connectivity index (χ1v) is 10.0. The largest absolute Gasteiger partial charge is 0.389 e. The van der Waals surface area contributed by atoms with Crippen molar-refractivity contribution in [1.29, 1.82) is 0 Å². The van der Waals surface area contributed by atoms with Gasteiger partial charge in [0.05, 0.1) is 12.7 Å². The zero-order valence-electron chi connectivity index (χ0n) is 16.6. The summed E-state index contributed by atoms with van der Waals surface area (Å²) in [6.07, 6.45) is -0.632. The molecule has 0 bridgehead atoms. The molecule has 2 aromatic carbocycles.